The van der Waals surface area contributed by atoms with E-state index in [1.54, 1.807) is 0 Å². The lowest BCUT2D eigenvalue weighted by Gasteiger charge is -2.06. The second-order valence-electron chi connectivity index (χ2n) is 4.88. The van der Waals surface area contributed by atoms with E-state index in [0.717, 1.165) is 22.2 Å². The zero-order valence-electron chi connectivity index (χ0n) is 11.1. The van der Waals surface area contributed by atoms with Crippen LogP contribution in [0.15, 0.2) is 60.8 Å². The van der Waals surface area contributed by atoms with Crippen LogP contribution in [0.25, 0.3) is 27.6 Å². The smallest absolute Gasteiger partial charge is 0.163 e. The van der Waals surface area contributed by atoms with Gasteiger partial charge >= 0.3 is 0 Å². The van der Waals surface area contributed by atoms with Gasteiger partial charge in [-0.15, -0.1) is 0 Å². The van der Waals surface area contributed by atoms with Gasteiger partial charge in [0.25, 0.3) is 0 Å². The Labute approximate surface area is 116 Å². The molecule has 2 aromatic carbocycles. The van der Waals surface area contributed by atoms with E-state index in [0.29, 0.717) is 0 Å². The van der Waals surface area contributed by atoms with Crippen molar-refractivity contribution in [2.45, 2.75) is 6.92 Å². The van der Waals surface area contributed by atoms with Gasteiger partial charge in [0.2, 0.25) is 0 Å². The maximum absolute atomic E-state index is 4.78. The maximum Gasteiger partial charge on any atom is 0.163 e. The SMILES string of the molecule is Cc1c2ccccc2nc2c1cnn2-c1ccccc1. The molecule has 0 bridgehead atoms. The molecule has 0 N–H and O–H groups in total. The molecule has 0 unspecified atom stereocenters. The Morgan fingerprint density at radius 1 is 0.850 bits per heavy atom. The number of hydrogen-bond acceptors (Lipinski definition) is 2. The van der Waals surface area contributed by atoms with Crippen LogP contribution in [0, 0.1) is 6.92 Å². The van der Waals surface area contributed by atoms with E-state index in [1.165, 1.54) is 10.9 Å². The Kier molecular flexibility index (Phi) is 2.33. The molecular formula is C17H13N3. The number of hydrogen-bond donors (Lipinski definition) is 0. The van der Waals surface area contributed by atoms with Crippen LogP contribution in [0.1, 0.15) is 5.56 Å². The molecule has 0 amide bonds. The number of aryl methyl sites for hydroxylation is 1. The summed E-state index contributed by atoms with van der Waals surface area (Å²) in [5.41, 5.74) is 4.18. The molecule has 0 aliphatic carbocycles. The number of pyridine rings is 1. The van der Waals surface area contributed by atoms with Crippen LogP contribution in [0.4, 0.5) is 0 Å². The number of para-hydroxylation sites is 2. The molecule has 0 fully saturated rings. The quantitative estimate of drug-likeness (QED) is 0.519. The van der Waals surface area contributed by atoms with Gasteiger partial charge in [-0.05, 0) is 30.7 Å². The minimum Gasteiger partial charge on any atom is -0.228 e. The number of rotatable bonds is 1. The molecule has 96 valence electrons. The van der Waals surface area contributed by atoms with E-state index in [9.17, 15) is 0 Å². The highest BCUT2D eigenvalue weighted by Gasteiger charge is 2.11. The van der Waals surface area contributed by atoms with E-state index >= 15 is 0 Å². The van der Waals surface area contributed by atoms with Crippen LogP contribution in [-0.4, -0.2) is 14.8 Å². The standard InChI is InChI=1S/C17H13N3/c1-12-14-9-5-6-10-16(14)19-17-15(12)11-18-20(17)13-7-3-2-4-8-13/h2-11H,1H3. The van der Waals surface area contributed by atoms with Gasteiger partial charge in [0, 0.05) is 10.8 Å². The summed E-state index contributed by atoms with van der Waals surface area (Å²) in [4.78, 5) is 4.78. The van der Waals surface area contributed by atoms with Gasteiger partial charge in [-0.3, -0.25) is 0 Å². The van der Waals surface area contributed by atoms with E-state index in [-0.39, 0.29) is 0 Å². The average Bonchev–Trinajstić information content (AvgIpc) is 2.92. The summed E-state index contributed by atoms with van der Waals surface area (Å²) in [7, 11) is 0. The molecule has 2 heterocycles. The Morgan fingerprint density at radius 3 is 2.45 bits per heavy atom. The van der Waals surface area contributed by atoms with E-state index in [4.69, 9.17) is 4.98 Å². The first-order valence-corrected chi connectivity index (χ1v) is 6.63. The minimum atomic E-state index is 0.910. The Morgan fingerprint density at radius 2 is 1.60 bits per heavy atom. The second kappa shape index (κ2) is 4.17. The van der Waals surface area contributed by atoms with Crippen molar-refractivity contribution in [3.05, 3.63) is 66.4 Å². The molecule has 0 spiro atoms. The van der Waals surface area contributed by atoms with E-state index < -0.39 is 0 Å². The largest absolute Gasteiger partial charge is 0.228 e. The molecule has 4 rings (SSSR count). The van der Waals surface area contributed by atoms with Gasteiger partial charge in [-0.1, -0.05) is 36.4 Å². The third kappa shape index (κ3) is 1.53. The van der Waals surface area contributed by atoms with Crippen molar-refractivity contribution in [3.8, 4) is 5.69 Å². The molecule has 3 heteroatoms. The maximum atomic E-state index is 4.78. The first kappa shape index (κ1) is 11.2. The zero-order valence-corrected chi connectivity index (χ0v) is 11.1. The summed E-state index contributed by atoms with van der Waals surface area (Å²) in [6.45, 7) is 2.13. The van der Waals surface area contributed by atoms with Crippen molar-refractivity contribution in [1.82, 2.24) is 14.8 Å². The van der Waals surface area contributed by atoms with Crippen molar-refractivity contribution in [2.24, 2.45) is 0 Å². The molecule has 0 atom stereocenters. The number of nitrogens with zero attached hydrogens (tertiary/aromatic N) is 3. The topological polar surface area (TPSA) is 30.7 Å². The fourth-order valence-corrected chi connectivity index (χ4v) is 2.62. The van der Waals surface area contributed by atoms with Gasteiger partial charge in [0.1, 0.15) is 0 Å². The van der Waals surface area contributed by atoms with Crippen LogP contribution >= 0.6 is 0 Å². The first-order chi connectivity index (χ1) is 9.84. The van der Waals surface area contributed by atoms with Crippen molar-refractivity contribution in [3.63, 3.8) is 0 Å². The van der Waals surface area contributed by atoms with Crippen LogP contribution < -0.4 is 0 Å². The second-order valence-corrected chi connectivity index (χ2v) is 4.88. The number of benzene rings is 2. The summed E-state index contributed by atoms with van der Waals surface area (Å²) in [5.74, 6) is 0. The van der Waals surface area contributed by atoms with Crippen molar-refractivity contribution >= 4 is 21.9 Å². The number of aromatic nitrogens is 3. The fourth-order valence-electron chi connectivity index (χ4n) is 2.62. The average molecular weight is 259 g/mol. The lowest BCUT2D eigenvalue weighted by Crippen LogP contribution is -1.97. The van der Waals surface area contributed by atoms with Gasteiger partial charge in [0.05, 0.1) is 17.4 Å². The lowest BCUT2D eigenvalue weighted by atomic mass is 10.1. The highest BCUT2D eigenvalue weighted by atomic mass is 15.3. The monoisotopic (exact) mass is 259 g/mol. The van der Waals surface area contributed by atoms with Crippen LogP contribution in [0.3, 0.4) is 0 Å². The van der Waals surface area contributed by atoms with Crippen LogP contribution in [0.2, 0.25) is 0 Å². The molecule has 4 aromatic rings. The van der Waals surface area contributed by atoms with Gasteiger partial charge < -0.3 is 0 Å². The molecule has 0 aliphatic rings. The summed E-state index contributed by atoms with van der Waals surface area (Å²) in [6.07, 6.45) is 1.90. The molecule has 3 nitrogen and oxygen atoms in total. The van der Waals surface area contributed by atoms with Gasteiger partial charge in [0.15, 0.2) is 5.65 Å². The van der Waals surface area contributed by atoms with Gasteiger partial charge in [-0.2, -0.15) is 5.10 Å². The third-order valence-corrected chi connectivity index (χ3v) is 3.68. The summed E-state index contributed by atoms with van der Waals surface area (Å²) in [5, 5.41) is 6.80. The Bertz CT molecular complexity index is 907. The first-order valence-electron chi connectivity index (χ1n) is 6.63. The van der Waals surface area contributed by atoms with Crippen molar-refractivity contribution < 1.29 is 0 Å². The lowest BCUT2D eigenvalue weighted by molar-refractivity contribution is 0.899. The third-order valence-electron chi connectivity index (χ3n) is 3.68. The van der Waals surface area contributed by atoms with Crippen molar-refractivity contribution in [2.75, 3.05) is 0 Å². The number of fused-ring (bicyclic) bond motifs is 2. The fraction of sp³-hybridized carbons (Fsp3) is 0.0588. The minimum absolute atomic E-state index is 0.910. The Hall–Kier alpha value is -2.68. The van der Waals surface area contributed by atoms with Crippen LogP contribution in [-0.2, 0) is 0 Å². The Balaban J connectivity index is 2.11. The van der Waals surface area contributed by atoms with Gasteiger partial charge in [-0.25, -0.2) is 9.67 Å². The normalized spacial score (nSPS) is 11.2. The molecule has 0 aliphatic heterocycles. The highest BCUT2D eigenvalue weighted by molar-refractivity contribution is 5.96. The molecule has 0 saturated heterocycles. The van der Waals surface area contributed by atoms with Crippen LogP contribution in [0.5, 0.6) is 0 Å². The molecule has 0 saturated carbocycles. The molecular weight excluding hydrogens is 246 g/mol. The summed E-state index contributed by atoms with van der Waals surface area (Å²) in [6, 6.07) is 18.3. The molecule has 0 radical (unpaired) electrons. The zero-order chi connectivity index (χ0) is 13.5. The summed E-state index contributed by atoms with van der Waals surface area (Å²) >= 11 is 0. The molecule has 20 heavy (non-hydrogen) atoms. The predicted octanol–water partition coefficient (Wildman–Crippen LogP) is 3.88. The van der Waals surface area contributed by atoms with E-state index in [1.807, 2.05) is 59.4 Å². The summed E-state index contributed by atoms with van der Waals surface area (Å²) < 4.78 is 1.90. The predicted molar refractivity (Wildman–Crippen MR) is 81.1 cm³/mol. The van der Waals surface area contributed by atoms with E-state index in [2.05, 4.69) is 18.1 Å². The van der Waals surface area contributed by atoms with Crippen molar-refractivity contribution in [1.29, 1.82) is 0 Å². The highest BCUT2D eigenvalue weighted by Crippen LogP contribution is 2.26. The molecule has 2 aromatic heterocycles.